The smallest absolute Gasteiger partial charge is 0.129 e. The van der Waals surface area contributed by atoms with Crippen molar-refractivity contribution in [2.75, 3.05) is 0 Å². The summed E-state index contributed by atoms with van der Waals surface area (Å²) in [6.45, 7) is 4.21. The number of aryl methyl sites for hydroxylation is 2. The number of rotatable bonds is 2. The Kier molecular flexibility index (Phi) is 2.97. The zero-order valence-electron chi connectivity index (χ0n) is 9.17. The Bertz CT molecular complexity index is 499. The molecule has 16 heavy (non-hydrogen) atoms. The lowest BCUT2D eigenvalue weighted by Crippen LogP contribution is -2.06. The zero-order valence-corrected chi connectivity index (χ0v) is 9.92. The summed E-state index contributed by atoms with van der Waals surface area (Å²) < 4.78 is 15.3. The third-order valence-corrected chi connectivity index (χ3v) is 2.83. The molecule has 2 aromatic rings. The minimum Gasteiger partial charge on any atom is -0.265 e. The Morgan fingerprint density at radius 1 is 1.38 bits per heavy atom. The Morgan fingerprint density at radius 3 is 2.69 bits per heavy atom. The second-order valence-electron chi connectivity index (χ2n) is 3.78. The summed E-state index contributed by atoms with van der Waals surface area (Å²) in [7, 11) is 0. The predicted molar refractivity (Wildman–Crippen MR) is 62.2 cm³/mol. The fraction of sp³-hybridized carbons (Fsp3) is 0.250. The van der Waals surface area contributed by atoms with Crippen LogP contribution in [-0.2, 0) is 6.54 Å². The van der Waals surface area contributed by atoms with E-state index in [2.05, 4.69) is 5.10 Å². The molecule has 0 spiro atoms. The lowest BCUT2D eigenvalue weighted by atomic mass is 10.2. The number of benzene rings is 1. The molecule has 4 heteroatoms. The quantitative estimate of drug-likeness (QED) is 0.785. The lowest BCUT2D eigenvalue weighted by molar-refractivity contribution is 0.579. The van der Waals surface area contributed by atoms with Crippen LogP contribution in [0.1, 0.15) is 17.0 Å². The van der Waals surface area contributed by atoms with Crippen molar-refractivity contribution < 1.29 is 4.39 Å². The van der Waals surface area contributed by atoms with Crippen LogP contribution < -0.4 is 0 Å². The molecule has 0 unspecified atom stereocenters. The molecule has 2 nitrogen and oxygen atoms in total. The third-order valence-electron chi connectivity index (χ3n) is 2.47. The van der Waals surface area contributed by atoms with Crippen LogP contribution in [0.15, 0.2) is 24.3 Å². The molecule has 0 amide bonds. The van der Waals surface area contributed by atoms with E-state index in [0.717, 1.165) is 11.4 Å². The normalized spacial score (nSPS) is 10.8. The number of halogens is 2. The van der Waals surface area contributed by atoms with E-state index in [1.165, 1.54) is 6.07 Å². The summed E-state index contributed by atoms with van der Waals surface area (Å²) in [4.78, 5) is 0. The van der Waals surface area contributed by atoms with E-state index in [-0.39, 0.29) is 5.82 Å². The highest BCUT2D eigenvalue weighted by Crippen LogP contribution is 2.20. The molecular formula is C12H12ClFN2. The van der Waals surface area contributed by atoms with Gasteiger partial charge in [-0.15, -0.1) is 0 Å². The van der Waals surface area contributed by atoms with Gasteiger partial charge in [0.05, 0.1) is 12.2 Å². The number of nitrogens with zero attached hydrogens (tertiary/aromatic N) is 2. The largest absolute Gasteiger partial charge is 0.265 e. The van der Waals surface area contributed by atoms with Gasteiger partial charge < -0.3 is 0 Å². The van der Waals surface area contributed by atoms with Crippen molar-refractivity contribution in [3.05, 3.63) is 52.1 Å². The second kappa shape index (κ2) is 4.26. The van der Waals surface area contributed by atoms with Gasteiger partial charge in [-0.2, -0.15) is 5.10 Å². The van der Waals surface area contributed by atoms with E-state index in [9.17, 15) is 4.39 Å². The molecule has 0 N–H and O–H groups in total. The first kappa shape index (κ1) is 11.1. The molecule has 0 atom stereocenters. The first-order valence-corrected chi connectivity index (χ1v) is 5.39. The van der Waals surface area contributed by atoms with E-state index in [1.54, 1.807) is 16.8 Å². The van der Waals surface area contributed by atoms with Crippen LogP contribution in [0.25, 0.3) is 0 Å². The van der Waals surface area contributed by atoms with E-state index in [4.69, 9.17) is 11.6 Å². The van der Waals surface area contributed by atoms with Crippen molar-refractivity contribution in [3.63, 3.8) is 0 Å². The van der Waals surface area contributed by atoms with Crippen LogP contribution in [0.5, 0.6) is 0 Å². The Balaban J connectivity index is 2.37. The highest BCUT2D eigenvalue weighted by atomic mass is 35.5. The molecular weight excluding hydrogens is 227 g/mol. The molecule has 0 saturated carbocycles. The highest BCUT2D eigenvalue weighted by Gasteiger charge is 2.09. The maximum absolute atomic E-state index is 13.5. The second-order valence-corrected chi connectivity index (χ2v) is 4.19. The molecule has 1 heterocycles. The summed E-state index contributed by atoms with van der Waals surface area (Å²) >= 11 is 5.96. The average molecular weight is 239 g/mol. The number of aromatic nitrogens is 2. The minimum atomic E-state index is -0.292. The van der Waals surface area contributed by atoms with Crippen LogP contribution in [0.2, 0.25) is 5.02 Å². The van der Waals surface area contributed by atoms with E-state index in [1.807, 2.05) is 19.9 Å². The fourth-order valence-corrected chi connectivity index (χ4v) is 1.89. The molecule has 0 radical (unpaired) electrons. The molecule has 1 aromatic heterocycles. The van der Waals surface area contributed by atoms with Crippen molar-refractivity contribution in [2.45, 2.75) is 20.4 Å². The van der Waals surface area contributed by atoms with Gasteiger partial charge >= 0.3 is 0 Å². The first-order valence-electron chi connectivity index (χ1n) is 5.02. The van der Waals surface area contributed by atoms with Crippen molar-refractivity contribution in [3.8, 4) is 0 Å². The van der Waals surface area contributed by atoms with Crippen LogP contribution in [-0.4, -0.2) is 9.78 Å². The first-order chi connectivity index (χ1) is 7.58. The number of hydrogen-bond acceptors (Lipinski definition) is 1. The van der Waals surface area contributed by atoms with Gasteiger partial charge in [0.15, 0.2) is 0 Å². The van der Waals surface area contributed by atoms with E-state index in [0.29, 0.717) is 17.1 Å². The Hall–Kier alpha value is -1.35. The van der Waals surface area contributed by atoms with Gasteiger partial charge in [-0.05, 0) is 32.0 Å². The van der Waals surface area contributed by atoms with Crippen LogP contribution in [0, 0.1) is 19.7 Å². The van der Waals surface area contributed by atoms with Crippen molar-refractivity contribution >= 4 is 11.6 Å². The van der Waals surface area contributed by atoms with Gasteiger partial charge in [0, 0.05) is 16.3 Å². The third kappa shape index (κ3) is 2.09. The summed E-state index contributed by atoms with van der Waals surface area (Å²) in [5.74, 6) is -0.292. The minimum absolute atomic E-state index is 0.292. The molecule has 0 fully saturated rings. The van der Waals surface area contributed by atoms with Crippen LogP contribution >= 0.6 is 11.6 Å². The van der Waals surface area contributed by atoms with Gasteiger partial charge in [-0.25, -0.2) is 4.39 Å². The van der Waals surface area contributed by atoms with Crippen LogP contribution in [0.4, 0.5) is 4.39 Å². The summed E-state index contributed by atoms with van der Waals surface area (Å²) in [5, 5.41) is 4.72. The molecule has 1 aromatic carbocycles. The molecule has 2 rings (SSSR count). The summed E-state index contributed by atoms with van der Waals surface area (Å²) in [5.41, 5.74) is 2.40. The highest BCUT2D eigenvalue weighted by molar-refractivity contribution is 6.31. The predicted octanol–water partition coefficient (Wildman–Crippen LogP) is 3.34. The van der Waals surface area contributed by atoms with Gasteiger partial charge in [0.2, 0.25) is 0 Å². The molecule has 0 saturated heterocycles. The zero-order chi connectivity index (χ0) is 11.7. The summed E-state index contributed by atoms with van der Waals surface area (Å²) in [6.07, 6.45) is 0. The van der Waals surface area contributed by atoms with Gasteiger partial charge in [0.25, 0.3) is 0 Å². The fourth-order valence-electron chi connectivity index (χ4n) is 1.67. The molecule has 84 valence electrons. The monoisotopic (exact) mass is 238 g/mol. The standard InChI is InChI=1S/C12H12ClFN2/c1-8-6-9(2)16(15-8)7-10-11(13)4-3-5-12(10)14/h3-6H,7H2,1-2H3. The summed E-state index contributed by atoms with van der Waals surface area (Å²) in [6, 6.07) is 6.65. The maximum Gasteiger partial charge on any atom is 0.129 e. The van der Waals surface area contributed by atoms with E-state index < -0.39 is 0 Å². The lowest BCUT2D eigenvalue weighted by Gasteiger charge is -2.07. The Labute approximate surface area is 98.7 Å². The SMILES string of the molecule is Cc1cc(C)n(Cc2c(F)cccc2Cl)n1. The van der Waals surface area contributed by atoms with Crippen molar-refractivity contribution in [2.24, 2.45) is 0 Å². The molecule has 0 aliphatic rings. The number of hydrogen-bond donors (Lipinski definition) is 0. The average Bonchev–Trinajstić information content (AvgIpc) is 2.51. The maximum atomic E-state index is 13.5. The van der Waals surface area contributed by atoms with Crippen molar-refractivity contribution in [1.29, 1.82) is 0 Å². The van der Waals surface area contributed by atoms with E-state index >= 15 is 0 Å². The van der Waals surface area contributed by atoms with Gasteiger partial charge in [-0.3, -0.25) is 4.68 Å². The topological polar surface area (TPSA) is 17.8 Å². The van der Waals surface area contributed by atoms with Gasteiger partial charge in [-0.1, -0.05) is 17.7 Å². The molecule has 0 bridgehead atoms. The van der Waals surface area contributed by atoms with Crippen LogP contribution in [0.3, 0.4) is 0 Å². The molecule has 0 aliphatic carbocycles. The van der Waals surface area contributed by atoms with Gasteiger partial charge in [0.1, 0.15) is 5.82 Å². The molecule has 0 aliphatic heterocycles. The Morgan fingerprint density at radius 2 is 2.12 bits per heavy atom. The van der Waals surface area contributed by atoms with Crippen molar-refractivity contribution in [1.82, 2.24) is 9.78 Å².